The van der Waals surface area contributed by atoms with Crippen LogP contribution in [0.15, 0.2) is 30.3 Å². The van der Waals surface area contributed by atoms with Gasteiger partial charge in [-0.15, -0.1) is 0 Å². The minimum Gasteiger partial charge on any atom is -0.373 e. The van der Waals surface area contributed by atoms with E-state index in [2.05, 4.69) is 41.4 Å². The number of amides is 2. The van der Waals surface area contributed by atoms with Crippen molar-refractivity contribution in [3.8, 4) is 0 Å². The fraction of sp³-hybridized carbons (Fsp3) is 0.600. The van der Waals surface area contributed by atoms with Crippen molar-refractivity contribution < 1.29 is 14.3 Å². The van der Waals surface area contributed by atoms with Crippen molar-refractivity contribution in [2.75, 3.05) is 26.7 Å². The first kappa shape index (κ1) is 18.9. The SMILES string of the molecule is CCC(NC(=O)C1CCC(=O)N1C)C1CN(Cc2ccccc2)CCO1. The fourth-order valence-electron chi connectivity index (χ4n) is 3.81. The lowest BCUT2D eigenvalue weighted by Crippen LogP contribution is -2.55. The largest absolute Gasteiger partial charge is 0.373 e. The third kappa shape index (κ3) is 4.43. The van der Waals surface area contributed by atoms with Crippen LogP contribution in [-0.2, 0) is 20.9 Å². The van der Waals surface area contributed by atoms with E-state index >= 15 is 0 Å². The summed E-state index contributed by atoms with van der Waals surface area (Å²) in [6.07, 6.45) is 1.84. The number of carbonyl (C=O) groups excluding carboxylic acids is 2. The van der Waals surface area contributed by atoms with Crippen LogP contribution in [0.25, 0.3) is 0 Å². The second kappa shape index (κ2) is 8.64. The molecule has 2 saturated heterocycles. The third-order valence-electron chi connectivity index (χ3n) is 5.44. The van der Waals surface area contributed by atoms with E-state index in [9.17, 15) is 9.59 Å². The topological polar surface area (TPSA) is 61.9 Å². The molecule has 0 bridgehead atoms. The van der Waals surface area contributed by atoms with Gasteiger partial charge in [0.1, 0.15) is 6.04 Å². The second-order valence-electron chi connectivity index (χ2n) is 7.21. The number of rotatable bonds is 6. The van der Waals surface area contributed by atoms with Gasteiger partial charge >= 0.3 is 0 Å². The Kier molecular flexibility index (Phi) is 6.27. The number of nitrogens with one attached hydrogen (secondary N) is 1. The van der Waals surface area contributed by atoms with Gasteiger partial charge in [0.15, 0.2) is 0 Å². The number of morpholine rings is 1. The number of carbonyl (C=O) groups is 2. The van der Waals surface area contributed by atoms with E-state index in [1.54, 1.807) is 11.9 Å². The Hall–Kier alpha value is -1.92. The molecule has 6 nitrogen and oxygen atoms in total. The average molecular weight is 359 g/mol. The molecule has 6 heteroatoms. The molecule has 2 amide bonds. The highest BCUT2D eigenvalue weighted by Crippen LogP contribution is 2.19. The molecule has 2 fully saturated rings. The molecule has 0 saturated carbocycles. The lowest BCUT2D eigenvalue weighted by atomic mass is 10.0. The standard InChI is InChI=1S/C20H29N3O3/c1-3-16(21-20(25)17-9-10-19(24)22(17)2)18-14-23(11-12-26-18)13-15-7-5-4-6-8-15/h4-8,16-18H,3,9-14H2,1-2H3,(H,21,25). The molecule has 3 unspecified atom stereocenters. The number of benzene rings is 1. The van der Waals surface area contributed by atoms with Gasteiger partial charge in [-0.1, -0.05) is 37.3 Å². The first-order valence-corrected chi connectivity index (χ1v) is 9.52. The van der Waals surface area contributed by atoms with Crippen LogP contribution in [0.1, 0.15) is 31.7 Å². The fourth-order valence-corrected chi connectivity index (χ4v) is 3.81. The van der Waals surface area contributed by atoms with Gasteiger partial charge in [-0.2, -0.15) is 0 Å². The molecule has 142 valence electrons. The van der Waals surface area contributed by atoms with Crippen LogP contribution in [0.2, 0.25) is 0 Å². The number of hydrogen-bond donors (Lipinski definition) is 1. The molecule has 0 aliphatic carbocycles. The van der Waals surface area contributed by atoms with Gasteiger partial charge in [0.25, 0.3) is 0 Å². The predicted molar refractivity (Wildman–Crippen MR) is 99.5 cm³/mol. The van der Waals surface area contributed by atoms with Crippen molar-refractivity contribution in [1.82, 2.24) is 15.1 Å². The van der Waals surface area contributed by atoms with Crippen LogP contribution < -0.4 is 5.32 Å². The zero-order valence-corrected chi connectivity index (χ0v) is 15.7. The van der Waals surface area contributed by atoms with Crippen molar-refractivity contribution in [2.24, 2.45) is 0 Å². The normalized spacial score (nSPS) is 25.3. The molecule has 2 heterocycles. The Balaban J connectivity index is 1.57. The number of hydrogen-bond acceptors (Lipinski definition) is 4. The molecule has 2 aliphatic heterocycles. The summed E-state index contributed by atoms with van der Waals surface area (Å²) in [5, 5.41) is 3.13. The number of ether oxygens (including phenoxy) is 1. The lowest BCUT2D eigenvalue weighted by molar-refractivity contribution is -0.135. The summed E-state index contributed by atoms with van der Waals surface area (Å²) in [5.74, 6) is -0.0184. The zero-order chi connectivity index (χ0) is 18.5. The van der Waals surface area contributed by atoms with Crippen molar-refractivity contribution in [1.29, 1.82) is 0 Å². The Labute approximate surface area is 155 Å². The Bertz CT molecular complexity index is 622. The summed E-state index contributed by atoms with van der Waals surface area (Å²) in [7, 11) is 1.71. The lowest BCUT2D eigenvalue weighted by Gasteiger charge is -2.37. The van der Waals surface area contributed by atoms with Crippen molar-refractivity contribution >= 4 is 11.8 Å². The maximum atomic E-state index is 12.6. The molecule has 2 aliphatic rings. The van der Waals surface area contributed by atoms with Gasteiger partial charge in [-0.3, -0.25) is 14.5 Å². The van der Waals surface area contributed by atoms with Crippen molar-refractivity contribution in [3.63, 3.8) is 0 Å². The second-order valence-corrected chi connectivity index (χ2v) is 7.21. The highest BCUT2D eigenvalue weighted by Gasteiger charge is 2.36. The first-order valence-electron chi connectivity index (χ1n) is 9.52. The molecule has 1 aromatic rings. The van der Waals surface area contributed by atoms with Gasteiger partial charge in [0.2, 0.25) is 11.8 Å². The molecule has 1 aromatic carbocycles. The van der Waals surface area contributed by atoms with Gasteiger partial charge < -0.3 is 15.0 Å². The minimum absolute atomic E-state index is 0.0242. The molecule has 0 radical (unpaired) electrons. The zero-order valence-electron chi connectivity index (χ0n) is 15.7. The van der Waals surface area contributed by atoms with E-state index in [1.165, 1.54) is 5.56 Å². The summed E-state index contributed by atoms with van der Waals surface area (Å²) < 4.78 is 5.97. The quantitative estimate of drug-likeness (QED) is 0.834. The summed E-state index contributed by atoms with van der Waals surface area (Å²) in [6.45, 7) is 5.33. The maximum absolute atomic E-state index is 12.6. The molecular formula is C20H29N3O3. The maximum Gasteiger partial charge on any atom is 0.243 e. The average Bonchev–Trinajstić information content (AvgIpc) is 2.99. The number of likely N-dealkylation sites (N-methyl/N-ethyl adjacent to an activating group) is 1. The first-order chi connectivity index (χ1) is 12.6. The van der Waals surface area contributed by atoms with E-state index < -0.39 is 0 Å². The molecule has 0 spiro atoms. The van der Waals surface area contributed by atoms with Gasteiger partial charge in [-0.25, -0.2) is 0 Å². The number of likely N-dealkylation sites (tertiary alicyclic amines) is 1. The van der Waals surface area contributed by atoms with E-state index in [0.717, 1.165) is 26.1 Å². The van der Waals surface area contributed by atoms with E-state index in [4.69, 9.17) is 4.74 Å². The van der Waals surface area contributed by atoms with E-state index in [0.29, 0.717) is 19.4 Å². The van der Waals surface area contributed by atoms with Crippen LogP contribution in [-0.4, -0.2) is 66.5 Å². The van der Waals surface area contributed by atoms with Crippen molar-refractivity contribution in [3.05, 3.63) is 35.9 Å². The van der Waals surface area contributed by atoms with Crippen molar-refractivity contribution in [2.45, 2.75) is 50.9 Å². The molecular weight excluding hydrogens is 330 g/mol. The third-order valence-corrected chi connectivity index (χ3v) is 5.44. The highest BCUT2D eigenvalue weighted by molar-refractivity contribution is 5.90. The van der Waals surface area contributed by atoms with Crippen LogP contribution in [0.4, 0.5) is 0 Å². The summed E-state index contributed by atoms with van der Waals surface area (Å²) in [6, 6.07) is 10.0. The predicted octanol–water partition coefficient (Wildman–Crippen LogP) is 1.40. The van der Waals surface area contributed by atoms with E-state index in [1.807, 2.05) is 6.07 Å². The van der Waals surface area contributed by atoms with Gasteiger partial charge in [-0.05, 0) is 18.4 Å². The highest BCUT2D eigenvalue weighted by atomic mass is 16.5. The van der Waals surface area contributed by atoms with E-state index in [-0.39, 0.29) is 30.0 Å². The molecule has 0 aromatic heterocycles. The molecule has 1 N–H and O–H groups in total. The molecule has 3 rings (SSSR count). The van der Waals surface area contributed by atoms with Crippen LogP contribution >= 0.6 is 0 Å². The van der Waals surface area contributed by atoms with Crippen LogP contribution in [0.5, 0.6) is 0 Å². The van der Waals surface area contributed by atoms with Gasteiger partial charge in [0.05, 0.1) is 18.8 Å². The summed E-state index contributed by atoms with van der Waals surface area (Å²) in [4.78, 5) is 28.2. The Morgan fingerprint density at radius 1 is 1.35 bits per heavy atom. The Morgan fingerprint density at radius 2 is 2.12 bits per heavy atom. The van der Waals surface area contributed by atoms with Crippen LogP contribution in [0, 0.1) is 0 Å². The molecule has 3 atom stereocenters. The number of nitrogens with zero attached hydrogens (tertiary/aromatic N) is 2. The minimum atomic E-state index is -0.347. The van der Waals surface area contributed by atoms with Gasteiger partial charge in [0, 0.05) is 33.1 Å². The monoisotopic (exact) mass is 359 g/mol. The summed E-state index contributed by atoms with van der Waals surface area (Å²) in [5.41, 5.74) is 1.29. The molecule has 26 heavy (non-hydrogen) atoms. The summed E-state index contributed by atoms with van der Waals surface area (Å²) >= 11 is 0. The smallest absolute Gasteiger partial charge is 0.243 e. The Morgan fingerprint density at radius 3 is 2.77 bits per heavy atom. The van der Waals surface area contributed by atoms with Crippen LogP contribution in [0.3, 0.4) is 0 Å².